The highest BCUT2D eigenvalue weighted by molar-refractivity contribution is 6.39. The van der Waals surface area contributed by atoms with E-state index in [9.17, 15) is 14.0 Å². The highest BCUT2D eigenvalue weighted by atomic mass is 19.1. The number of hydrogen-bond donors (Lipinski definition) is 2. The van der Waals surface area contributed by atoms with Crippen LogP contribution in [0.15, 0.2) is 54.6 Å². The van der Waals surface area contributed by atoms with Gasteiger partial charge in [0.1, 0.15) is 5.82 Å². The van der Waals surface area contributed by atoms with Gasteiger partial charge in [0.15, 0.2) is 0 Å². The average molecular weight is 300 g/mol. The summed E-state index contributed by atoms with van der Waals surface area (Å²) >= 11 is 0. The molecule has 0 heterocycles. The van der Waals surface area contributed by atoms with E-state index >= 15 is 0 Å². The van der Waals surface area contributed by atoms with E-state index in [1.165, 1.54) is 24.3 Å². The van der Waals surface area contributed by atoms with Crippen molar-refractivity contribution in [2.24, 2.45) is 0 Å². The summed E-state index contributed by atoms with van der Waals surface area (Å²) in [5.41, 5.74) is 1.46. The normalized spacial score (nSPS) is 11.5. The number of nitrogens with one attached hydrogen (secondary N) is 2. The second kappa shape index (κ2) is 7.36. The molecule has 5 heteroatoms. The van der Waals surface area contributed by atoms with Gasteiger partial charge in [0.25, 0.3) is 0 Å². The first-order chi connectivity index (χ1) is 10.6. The number of anilines is 1. The third kappa shape index (κ3) is 4.41. The molecule has 4 nitrogen and oxygen atoms in total. The van der Waals surface area contributed by atoms with Crippen molar-refractivity contribution in [3.8, 4) is 0 Å². The number of carbonyl (C=O) groups excluding carboxylic acids is 2. The number of carbonyl (C=O) groups is 2. The van der Waals surface area contributed by atoms with Crippen LogP contribution in [-0.4, -0.2) is 18.4 Å². The Bertz CT molecular complexity index is 641. The van der Waals surface area contributed by atoms with Gasteiger partial charge < -0.3 is 10.6 Å². The van der Waals surface area contributed by atoms with Gasteiger partial charge in [0.05, 0.1) is 0 Å². The zero-order valence-corrected chi connectivity index (χ0v) is 12.2. The van der Waals surface area contributed by atoms with Crippen LogP contribution in [0, 0.1) is 5.82 Å². The SMILES string of the molecule is C[C@H](CNC(=O)C(=O)Nc1ccc(F)cc1)c1ccccc1. The molecule has 0 aliphatic rings. The van der Waals surface area contributed by atoms with Crippen molar-refractivity contribution in [3.63, 3.8) is 0 Å². The van der Waals surface area contributed by atoms with E-state index in [1.807, 2.05) is 37.3 Å². The van der Waals surface area contributed by atoms with E-state index in [1.54, 1.807) is 0 Å². The van der Waals surface area contributed by atoms with Crippen LogP contribution in [0.4, 0.5) is 10.1 Å². The lowest BCUT2D eigenvalue weighted by Crippen LogP contribution is -2.37. The molecule has 2 aromatic carbocycles. The predicted octanol–water partition coefficient (Wildman–Crippen LogP) is 2.68. The van der Waals surface area contributed by atoms with Gasteiger partial charge in [-0.3, -0.25) is 9.59 Å². The Labute approximate surface area is 128 Å². The molecule has 1 atom stereocenters. The molecule has 0 aliphatic heterocycles. The zero-order valence-electron chi connectivity index (χ0n) is 12.2. The molecule has 0 aliphatic carbocycles. The lowest BCUT2D eigenvalue weighted by molar-refractivity contribution is -0.136. The van der Waals surface area contributed by atoms with Crippen LogP contribution in [0.5, 0.6) is 0 Å². The van der Waals surface area contributed by atoms with Crippen LogP contribution in [0.1, 0.15) is 18.4 Å². The van der Waals surface area contributed by atoms with Crippen LogP contribution < -0.4 is 10.6 Å². The van der Waals surface area contributed by atoms with Crippen LogP contribution in [0.2, 0.25) is 0 Å². The molecule has 2 N–H and O–H groups in total. The van der Waals surface area contributed by atoms with Crippen LogP contribution in [0.25, 0.3) is 0 Å². The molecule has 0 unspecified atom stereocenters. The van der Waals surface area contributed by atoms with Gasteiger partial charge in [-0.15, -0.1) is 0 Å². The summed E-state index contributed by atoms with van der Waals surface area (Å²) in [7, 11) is 0. The molecule has 0 radical (unpaired) electrons. The number of halogens is 1. The Morgan fingerprint density at radius 3 is 2.27 bits per heavy atom. The molecule has 114 valence electrons. The molecule has 2 amide bonds. The molecule has 0 spiro atoms. The molecule has 22 heavy (non-hydrogen) atoms. The third-order valence-corrected chi connectivity index (χ3v) is 3.25. The molecule has 0 fully saturated rings. The van der Waals surface area contributed by atoms with Gasteiger partial charge in [0.2, 0.25) is 0 Å². The summed E-state index contributed by atoms with van der Waals surface area (Å²) < 4.78 is 12.8. The van der Waals surface area contributed by atoms with E-state index in [0.717, 1.165) is 5.56 Å². The number of hydrogen-bond acceptors (Lipinski definition) is 2. The fourth-order valence-corrected chi connectivity index (χ4v) is 1.95. The van der Waals surface area contributed by atoms with Crippen molar-refractivity contribution in [3.05, 3.63) is 66.0 Å². The number of benzene rings is 2. The Morgan fingerprint density at radius 2 is 1.64 bits per heavy atom. The Morgan fingerprint density at radius 1 is 1.00 bits per heavy atom. The zero-order chi connectivity index (χ0) is 15.9. The summed E-state index contributed by atoms with van der Waals surface area (Å²) in [4.78, 5) is 23.5. The van der Waals surface area contributed by atoms with Crippen LogP contribution in [-0.2, 0) is 9.59 Å². The maximum absolute atomic E-state index is 12.8. The highest BCUT2D eigenvalue weighted by Crippen LogP contribution is 2.13. The minimum absolute atomic E-state index is 0.101. The van der Waals surface area contributed by atoms with Gasteiger partial charge in [-0.1, -0.05) is 37.3 Å². The second-order valence-electron chi connectivity index (χ2n) is 4.98. The third-order valence-electron chi connectivity index (χ3n) is 3.25. The Balaban J connectivity index is 1.84. The van der Waals surface area contributed by atoms with E-state index in [4.69, 9.17) is 0 Å². The first kappa shape index (κ1) is 15.7. The van der Waals surface area contributed by atoms with Crippen molar-refractivity contribution < 1.29 is 14.0 Å². The molecular formula is C17H17FN2O2. The molecular weight excluding hydrogens is 283 g/mol. The second-order valence-corrected chi connectivity index (χ2v) is 4.98. The Hall–Kier alpha value is -2.69. The van der Waals surface area contributed by atoms with Gasteiger partial charge in [-0.05, 0) is 35.7 Å². The van der Waals surface area contributed by atoms with Crippen LogP contribution >= 0.6 is 0 Å². The van der Waals surface area contributed by atoms with E-state index in [2.05, 4.69) is 10.6 Å². The van der Waals surface area contributed by atoms with E-state index in [0.29, 0.717) is 12.2 Å². The summed E-state index contributed by atoms with van der Waals surface area (Å²) in [6.45, 7) is 2.33. The highest BCUT2D eigenvalue weighted by Gasteiger charge is 2.15. The maximum Gasteiger partial charge on any atom is 0.313 e. The Kier molecular flexibility index (Phi) is 5.25. The van der Waals surface area contributed by atoms with E-state index in [-0.39, 0.29) is 5.92 Å². The molecule has 0 bridgehead atoms. The summed E-state index contributed by atoms with van der Waals surface area (Å²) in [6.07, 6.45) is 0. The molecule has 2 aromatic rings. The maximum atomic E-state index is 12.8. The minimum atomic E-state index is -0.771. The standard InChI is InChI=1S/C17H17FN2O2/c1-12(13-5-3-2-4-6-13)11-19-16(21)17(22)20-15-9-7-14(18)8-10-15/h2-10,12H,11H2,1H3,(H,19,21)(H,20,22)/t12-/m1/s1. The quantitative estimate of drug-likeness (QED) is 0.853. The van der Waals surface area contributed by atoms with Crippen molar-refractivity contribution >= 4 is 17.5 Å². The van der Waals surface area contributed by atoms with E-state index < -0.39 is 17.6 Å². The lowest BCUT2D eigenvalue weighted by Gasteiger charge is -2.13. The molecule has 0 saturated heterocycles. The minimum Gasteiger partial charge on any atom is -0.347 e. The summed E-state index contributed by atoms with van der Waals surface area (Å²) in [6, 6.07) is 14.9. The van der Waals surface area contributed by atoms with Crippen LogP contribution in [0.3, 0.4) is 0 Å². The predicted molar refractivity (Wildman–Crippen MR) is 82.9 cm³/mol. The smallest absolute Gasteiger partial charge is 0.313 e. The van der Waals surface area contributed by atoms with Crippen molar-refractivity contribution in [1.29, 1.82) is 0 Å². The van der Waals surface area contributed by atoms with Crippen molar-refractivity contribution in [2.45, 2.75) is 12.8 Å². The topological polar surface area (TPSA) is 58.2 Å². The largest absolute Gasteiger partial charge is 0.347 e. The molecule has 0 aromatic heterocycles. The summed E-state index contributed by atoms with van der Waals surface area (Å²) in [5, 5.41) is 5.00. The lowest BCUT2D eigenvalue weighted by atomic mass is 10.0. The van der Waals surface area contributed by atoms with Gasteiger partial charge in [0, 0.05) is 12.2 Å². The average Bonchev–Trinajstić information content (AvgIpc) is 2.55. The van der Waals surface area contributed by atoms with Crippen molar-refractivity contribution in [1.82, 2.24) is 5.32 Å². The van der Waals surface area contributed by atoms with Gasteiger partial charge in [-0.25, -0.2) is 4.39 Å². The fraction of sp³-hybridized carbons (Fsp3) is 0.176. The summed E-state index contributed by atoms with van der Waals surface area (Å²) in [5.74, 6) is -1.79. The monoisotopic (exact) mass is 300 g/mol. The molecule has 2 rings (SSSR count). The van der Waals surface area contributed by atoms with Crippen molar-refractivity contribution in [2.75, 3.05) is 11.9 Å². The first-order valence-electron chi connectivity index (χ1n) is 6.96. The number of rotatable bonds is 4. The first-order valence-corrected chi connectivity index (χ1v) is 6.96. The van der Waals surface area contributed by atoms with Gasteiger partial charge in [-0.2, -0.15) is 0 Å². The fourth-order valence-electron chi connectivity index (χ4n) is 1.95. The molecule has 0 saturated carbocycles. The van der Waals surface area contributed by atoms with Gasteiger partial charge >= 0.3 is 11.8 Å². The number of amides is 2.